The van der Waals surface area contributed by atoms with Crippen LogP contribution in [0.2, 0.25) is 0 Å². The van der Waals surface area contributed by atoms with Crippen LogP contribution < -0.4 is 5.32 Å². The first-order valence-corrected chi connectivity index (χ1v) is 7.99. The van der Waals surface area contributed by atoms with Gasteiger partial charge < -0.3 is 10.2 Å². The Hall–Kier alpha value is -2.46. The molecule has 0 atom stereocenters. The predicted molar refractivity (Wildman–Crippen MR) is 95.4 cm³/mol. The van der Waals surface area contributed by atoms with E-state index < -0.39 is 0 Å². The van der Waals surface area contributed by atoms with Crippen LogP contribution in [-0.2, 0) is 6.54 Å². The summed E-state index contributed by atoms with van der Waals surface area (Å²) in [6.45, 7) is 2.93. The fourth-order valence-electron chi connectivity index (χ4n) is 2.68. The van der Waals surface area contributed by atoms with Gasteiger partial charge >= 0.3 is 0 Å². The van der Waals surface area contributed by atoms with Gasteiger partial charge in [0.05, 0.1) is 5.52 Å². The molecule has 3 aromatic rings. The van der Waals surface area contributed by atoms with E-state index in [0.29, 0.717) is 0 Å². The van der Waals surface area contributed by atoms with E-state index in [-0.39, 0.29) is 0 Å². The minimum absolute atomic E-state index is 0.903. The minimum atomic E-state index is 0.903. The van der Waals surface area contributed by atoms with Crippen LogP contribution in [0.1, 0.15) is 12.0 Å². The van der Waals surface area contributed by atoms with E-state index in [0.717, 1.165) is 42.8 Å². The van der Waals surface area contributed by atoms with Crippen molar-refractivity contribution in [3.05, 3.63) is 66.5 Å². The minimum Gasteiger partial charge on any atom is -0.369 e. The first-order valence-electron chi connectivity index (χ1n) is 7.99. The quantitative estimate of drug-likeness (QED) is 0.678. The molecule has 118 valence electrons. The number of fused-ring (bicyclic) bond motifs is 1. The Morgan fingerprint density at radius 1 is 0.957 bits per heavy atom. The molecular weight excluding hydrogens is 284 g/mol. The number of para-hydroxylation sites is 1. The summed E-state index contributed by atoms with van der Waals surface area (Å²) in [6, 6.07) is 18.6. The summed E-state index contributed by atoms with van der Waals surface area (Å²) in [4.78, 5) is 11.0. The molecule has 3 rings (SSSR count). The molecule has 0 aliphatic carbocycles. The number of aromatic nitrogens is 2. The Kier molecular flexibility index (Phi) is 5.17. The van der Waals surface area contributed by atoms with E-state index in [1.165, 1.54) is 5.56 Å². The first-order chi connectivity index (χ1) is 11.3. The average molecular weight is 306 g/mol. The summed E-state index contributed by atoms with van der Waals surface area (Å²) in [5.74, 6) is 0.918. The Balaban J connectivity index is 1.48. The van der Waals surface area contributed by atoms with Crippen LogP contribution in [0.25, 0.3) is 10.9 Å². The fourth-order valence-corrected chi connectivity index (χ4v) is 2.68. The standard InChI is InChI=1S/C19H22N4/c1-23(14-16-8-3-2-4-9-16)13-7-12-20-19-17-10-5-6-11-18(17)21-15-22-19/h2-6,8-11,15H,7,12-14H2,1H3,(H,20,21,22). The van der Waals surface area contributed by atoms with Gasteiger partial charge in [-0.05, 0) is 37.7 Å². The van der Waals surface area contributed by atoms with Crippen molar-refractivity contribution in [1.82, 2.24) is 14.9 Å². The normalized spacial score (nSPS) is 11.0. The first kappa shape index (κ1) is 15.4. The highest BCUT2D eigenvalue weighted by Crippen LogP contribution is 2.18. The van der Waals surface area contributed by atoms with Crippen molar-refractivity contribution < 1.29 is 0 Å². The van der Waals surface area contributed by atoms with Gasteiger partial charge in [-0.3, -0.25) is 0 Å². The van der Waals surface area contributed by atoms with Crippen LogP contribution in [0, 0.1) is 0 Å². The summed E-state index contributed by atoms with van der Waals surface area (Å²) in [5, 5.41) is 4.51. The lowest BCUT2D eigenvalue weighted by Crippen LogP contribution is -2.21. The van der Waals surface area contributed by atoms with E-state index in [9.17, 15) is 0 Å². The van der Waals surface area contributed by atoms with E-state index in [2.05, 4.69) is 63.6 Å². The summed E-state index contributed by atoms with van der Waals surface area (Å²) >= 11 is 0. The number of nitrogens with zero attached hydrogens (tertiary/aromatic N) is 3. The van der Waals surface area contributed by atoms with Crippen molar-refractivity contribution in [2.75, 3.05) is 25.5 Å². The van der Waals surface area contributed by atoms with Crippen molar-refractivity contribution in [3.8, 4) is 0 Å². The van der Waals surface area contributed by atoms with Gasteiger partial charge in [-0.25, -0.2) is 9.97 Å². The lowest BCUT2D eigenvalue weighted by atomic mass is 10.2. The average Bonchev–Trinajstić information content (AvgIpc) is 2.60. The highest BCUT2D eigenvalue weighted by atomic mass is 15.1. The molecule has 2 aromatic carbocycles. The van der Waals surface area contributed by atoms with Gasteiger partial charge in [-0.1, -0.05) is 42.5 Å². The SMILES string of the molecule is CN(CCCNc1ncnc2ccccc12)Cc1ccccc1. The molecule has 0 spiro atoms. The van der Waals surface area contributed by atoms with Crippen LogP contribution in [0.4, 0.5) is 5.82 Å². The molecule has 0 unspecified atom stereocenters. The summed E-state index contributed by atoms with van der Waals surface area (Å²) in [7, 11) is 2.16. The molecule has 1 N–H and O–H groups in total. The number of nitrogens with one attached hydrogen (secondary N) is 1. The monoisotopic (exact) mass is 306 g/mol. The Bertz CT molecular complexity index is 737. The van der Waals surface area contributed by atoms with Crippen LogP contribution in [-0.4, -0.2) is 35.0 Å². The zero-order chi connectivity index (χ0) is 15.9. The summed E-state index contributed by atoms with van der Waals surface area (Å²) in [6.07, 6.45) is 2.69. The Morgan fingerprint density at radius 2 is 1.74 bits per heavy atom. The third-order valence-corrected chi connectivity index (χ3v) is 3.85. The molecule has 0 aliphatic heterocycles. The molecule has 4 heteroatoms. The van der Waals surface area contributed by atoms with Gasteiger partial charge in [0.1, 0.15) is 12.1 Å². The molecule has 1 aromatic heterocycles. The van der Waals surface area contributed by atoms with Crippen molar-refractivity contribution in [3.63, 3.8) is 0 Å². The summed E-state index contributed by atoms with van der Waals surface area (Å²) < 4.78 is 0. The van der Waals surface area contributed by atoms with Gasteiger partial charge in [0.25, 0.3) is 0 Å². The molecule has 0 saturated carbocycles. The zero-order valence-electron chi connectivity index (χ0n) is 13.4. The second-order valence-electron chi connectivity index (χ2n) is 5.74. The topological polar surface area (TPSA) is 41.0 Å². The Labute approximate surface area is 137 Å². The van der Waals surface area contributed by atoms with Crippen LogP contribution in [0.3, 0.4) is 0 Å². The maximum atomic E-state index is 4.36. The molecular formula is C19H22N4. The second kappa shape index (κ2) is 7.70. The highest BCUT2D eigenvalue weighted by Gasteiger charge is 2.03. The molecule has 0 radical (unpaired) electrons. The maximum Gasteiger partial charge on any atom is 0.137 e. The summed E-state index contributed by atoms with van der Waals surface area (Å²) in [5.41, 5.74) is 2.33. The third-order valence-electron chi connectivity index (χ3n) is 3.85. The molecule has 0 bridgehead atoms. The number of hydrogen-bond donors (Lipinski definition) is 1. The number of rotatable bonds is 7. The van der Waals surface area contributed by atoms with Crippen LogP contribution >= 0.6 is 0 Å². The number of benzene rings is 2. The maximum absolute atomic E-state index is 4.36. The molecule has 23 heavy (non-hydrogen) atoms. The van der Waals surface area contributed by atoms with Gasteiger partial charge in [-0.15, -0.1) is 0 Å². The molecule has 0 fully saturated rings. The van der Waals surface area contributed by atoms with E-state index in [1.54, 1.807) is 6.33 Å². The Morgan fingerprint density at radius 3 is 2.61 bits per heavy atom. The van der Waals surface area contributed by atoms with E-state index in [1.807, 2.05) is 18.2 Å². The van der Waals surface area contributed by atoms with Crippen LogP contribution in [0.5, 0.6) is 0 Å². The molecule has 0 saturated heterocycles. The van der Waals surface area contributed by atoms with Crippen molar-refractivity contribution >= 4 is 16.7 Å². The fraction of sp³-hybridized carbons (Fsp3) is 0.263. The smallest absolute Gasteiger partial charge is 0.137 e. The van der Waals surface area contributed by atoms with E-state index in [4.69, 9.17) is 0 Å². The third kappa shape index (κ3) is 4.27. The molecule has 0 aliphatic rings. The lowest BCUT2D eigenvalue weighted by molar-refractivity contribution is 0.325. The zero-order valence-corrected chi connectivity index (χ0v) is 13.4. The van der Waals surface area contributed by atoms with Gasteiger partial charge in [0.2, 0.25) is 0 Å². The highest BCUT2D eigenvalue weighted by molar-refractivity contribution is 5.88. The molecule has 0 amide bonds. The molecule has 4 nitrogen and oxygen atoms in total. The van der Waals surface area contributed by atoms with Gasteiger partial charge in [-0.2, -0.15) is 0 Å². The largest absolute Gasteiger partial charge is 0.369 e. The number of anilines is 1. The molecule has 1 heterocycles. The lowest BCUT2D eigenvalue weighted by Gasteiger charge is -2.17. The predicted octanol–water partition coefficient (Wildman–Crippen LogP) is 3.56. The second-order valence-corrected chi connectivity index (χ2v) is 5.74. The van der Waals surface area contributed by atoms with Gasteiger partial charge in [0.15, 0.2) is 0 Å². The van der Waals surface area contributed by atoms with Crippen molar-refractivity contribution in [2.24, 2.45) is 0 Å². The van der Waals surface area contributed by atoms with Crippen molar-refractivity contribution in [1.29, 1.82) is 0 Å². The van der Waals surface area contributed by atoms with E-state index >= 15 is 0 Å². The van der Waals surface area contributed by atoms with Crippen molar-refractivity contribution in [2.45, 2.75) is 13.0 Å². The number of hydrogen-bond acceptors (Lipinski definition) is 4. The van der Waals surface area contributed by atoms with Crippen LogP contribution in [0.15, 0.2) is 60.9 Å². The van der Waals surface area contributed by atoms with Gasteiger partial charge in [0, 0.05) is 18.5 Å².